The normalized spacial score (nSPS) is 15.6. The van der Waals surface area contributed by atoms with Crippen LogP contribution in [0.15, 0.2) is 18.2 Å². The average molecular weight is 349 g/mol. The molecule has 1 aromatic rings. The van der Waals surface area contributed by atoms with Crippen LogP contribution in [-0.2, 0) is 4.74 Å². The molecule has 25 heavy (non-hydrogen) atoms. The Morgan fingerprint density at radius 2 is 1.92 bits per heavy atom. The maximum atomic E-state index is 12.5. The SMILES string of the molecule is CCCN1CCC(NC(=O)c2cc(C(=O)OC)cc([N+](=O)[O-])c2)CC1. The molecule has 0 atom stereocenters. The molecule has 1 amide bonds. The minimum atomic E-state index is -0.717. The highest BCUT2D eigenvalue weighted by Gasteiger charge is 2.23. The number of hydrogen-bond donors (Lipinski definition) is 1. The zero-order chi connectivity index (χ0) is 18.4. The number of hydrogen-bond acceptors (Lipinski definition) is 6. The van der Waals surface area contributed by atoms with Crippen molar-refractivity contribution in [2.45, 2.75) is 32.2 Å². The standard InChI is InChI=1S/C17H23N3O5/c1-3-6-19-7-4-14(5-8-19)18-16(21)12-9-13(17(22)25-2)11-15(10-12)20(23)24/h9-11,14H,3-8H2,1-2H3,(H,18,21). The van der Waals surface area contributed by atoms with E-state index in [2.05, 4.69) is 21.9 Å². The fraction of sp³-hybridized carbons (Fsp3) is 0.529. The van der Waals surface area contributed by atoms with Crippen molar-refractivity contribution in [3.05, 3.63) is 39.4 Å². The van der Waals surface area contributed by atoms with E-state index in [4.69, 9.17) is 0 Å². The van der Waals surface area contributed by atoms with Crippen LogP contribution in [0.3, 0.4) is 0 Å². The molecule has 8 nitrogen and oxygen atoms in total. The summed E-state index contributed by atoms with van der Waals surface area (Å²) in [6.45, 7) is 5.02. The number of piperidine rings is 1. The summed E-state index contributed by atoms with van der Waals surface area (Å²) in [5, 5.41) is 14.0. The van der Waals surface area contributed by atoms with Gasteiger partial charge in [0.2, 0.25) is 0 Å². The second-order valence-corrected chi connectivity index (χ2v) is 6.11. The Kier molecular flexibility index (Phi) is 6.46. The van der Waals surface area contributed by atoms with Crippen molar-refractivity contribution >= 4 is 17.6 Å². The van der Waals surface area contributed by atoms with Gasteiger partial charge in [0.25, 0.3) is 11.6 Å². The van der Waals surface area contributed by atoms with E-state index in [-0.39, 0.29) is 22.9 Å². The summed E-state index contributed by atoms with van der Waals surface area (Å²) in [5.41, 5.74) is -0.240. The largest absolute Gasteiger partial charge is 0.465 e. The minimum absolute atomic E-state index is 0.0142. The minimum Gasteiger partial charge on any atom is -0.465 e. The smallest absolute Gasteiger partial charge is 0.338 e. The van der Waals surface area contributed by atoms with Gasteiger partial charge in [-0.2, -0.15) is 0 Å². The number of nitro benzene ring substituents is 1. The third-order valence-corrected chi connectivity index (χ3v) is 4.27. The van der Waals surface area contributed by atoms with Crippen LogP contribution in [0.1, 0.15) is 46.9 Å². The molecule has 0 aromatic heterocycles. The number of esters is 1. The van der Waals surface area contributed by atoms with E-state index < -0.39 is 16.8 Å². The van der Waals surface area contributed by atoms with Crippen LogP contribution in [-0.4, -0.2) is 54.5 Å². The Bertz CT molecular complexity index is 654. The van der Waals surface area contributed by atoms with Gasteiger partial charge in [0, 0.05) is 36.8 Å². The van der Waals surface area contributed by atoms with Crippen LogP contribution in [0.2, 0.25) is 0 Å². The fourth-order valence-electron chi connectivity index (χ4n) is 2.97. The van der Waals surface area contributed by atoms with Gasteiger partial charge in [0.05, 0.1) is 17.6 Å². The van der Waals surface area contributed by atoms with Gasteiger partial charge in [-0.15, -0.1) is 0 Å². The van der Waals surface area contributed by atoms with Crippen molar-refractivity contribution in [3.8, 4) is 0 Å². The van der Waals surface area contributed by atoms with Gasteiger partial charge in [-0.25, -0.2) is 4.79 Å². The molecule has 1 aliphatic heterocycles. The van der Waals surface area contributed by atoms with E-state index in [0.29, 0.717) is 0 Å². The van der Waals surface area contributed by atoms with E-state index in [1.807, 2.05) is 0 Å². The molecule has 1 N–H and O–H groups in total. The Labute approximate surface area is 146 Å². The number of likely N-dealkylation sites (tertiary alicyclic amines) is 1. The summed E-state index contributed by atoms with van der Waals surface area (Å²) >= 11 is 0. The van der Waals surface area contributed by atoms with Crippen molar-refractivity contribution in [3.63, 3.8) is 0 Å². The van der Waals surface area contributed by atoms with Crippen LogP contribution in [0.4, 0.5) is 5.69 Å². The van der Waals surface area contributed by atoms with Crippen molar-refractivity contribution < 1.29 is 19.2 Å². The van der Waals surface area contributed by atoms with Crippen molar-refractivity contribution in [2.75, 3.05) is 26.7 Å². The maximum absolute atomic E-state index is 12.5. The van der Waals surface area contributed by atoms with Crippen LogP contribution >= 0.6 is 0 Å². The third kappa shape index (κ3) is 4.99. The monoisotopic (exact) mass is 349 g/mol. The second-order valence-electron chi connectivity index (χ2n) is 6.11. The molecule has 1 fully saturated rings. The van der Waals surface area contributed by atoms with Crippen molar-refractivity contribution in [2.24, 2.45) is 0 Å². The molecule has 0 unspecified atom stereocenters. The van der Waals surface area contributed by atoms with Crippen LogP contribution in [0, 0.1) is 10.1 Å². The highest BCUT2D eigenvalue weighted by molar-refractivity contribution is 5.99. The maximum Gasteiger partial charge on any atom is 0.338 e. The first-order valence-electron chi connectivity index (χ1n) is 8.35. The number of rotatable bonds is 6. The molecule has 136 valence electrons. The van der Waals surface area contributed by atoms with Crippen LogP contribution in [0.5, 0.6) is 0 Å². The van der Waals surface area contributed by atoms with Gasteiger partial charge < -0.3 is 15.0 Å². The molecule has 2 rings (SSSR count). The van der Waals surface area contributed by atoms with Gasteiger partial charge in [-0.1, -0.05) is 6.92 Å². The molecule has 0 radical (unpaired) electrons. The fourth-order valence-corrected chi connectivity index (χ4v) is 2.97. The Balaban J connectivity index is 2.09. The van der Waals surface area contributed by atoms with Crippen molar-refractivity contribution in [1.82, 2.24) is 10.2 Å². The number of carbonyl (C=O) groups excluding carboxylic acids is 2. The summed E-state index contributed by atoms with van der Waals surface area (Å²) < 4.78 is 4.59. The van der Waals surface area contributed by atoms with Gasteiger partial charge in [0.1, 0.15) is 0 Å². The summed E-state index contributed by atoms with van der Waals surface area (Å²) in [4.78, 5) is 36.9. The van der Waals surface area contributed by atoms with Gasteiger partial charge >= 0.3 is 5.97 Å². The number of amides is 1. The number of methoxy groups -OCH3 is 1. The first-order chi connectivity index (χ1) is 11.9. The summed E-state index contributed by atoms with van der Waals surface area (Å²) in [6, 6.07) is 3.63. The zero-order valence-electron chi connectivity index (χ0n) is 14.5. The molecule has 1 heterocycles. The molecule has 0 saturated carbocycles. The first kappa shape index (κ1) is 18.9. The topological polar surface area (TPSA) is 102 Å². The predicted octanol–water partition coefficient (Wildman–Crippen LogP) is 1.99. The average Bonchev–Trinajstić information content (AvgIpc) is 2.62. The summed E-state index contributed by atoms with van der Waals surface area (Å²) in [7, 11) is 1.19. The zero-order valence-corrected chi connectivity index (χ0v) is 14.5. The van der Waals surface area contributed by atoms with E-state index in [1.54, 1.807) is 0 Å². The molecule has 1 aliphatic rings. The number of nitrogens with one attached hydrogen (secondary N) is 1. The van der Waals surface area contributed by atoms with E-state index >= 15 is 0 Å². The molecule has 0 bridgehead atoms. The predicted molar refractivity (Wildman–Crippen MR) is 91.7 cm³/mol. The quantitative estimate of drug-likeness (QED) is 0.479. The second kappa shape index (κ2) is 8.57. The molecular weight excluding hydrogens is 326 g/mol. The van der Waals surface area contributed by atoms with Crippen LogP contribution in [0.25, 0.3) is 0 Å². The molecule has 0 aliphatic carbocycles. The molecule has 0 spiro atoms. The van der Waals surface area contributed by atoms with Crippen molar-refractivity contribution in [1.29, 1.82) is 0 Å². The van der Waals surface area contributed by atoms with Gasteiger partial charge in [0.15, 0.2) is 0 Å². The number of ether oxygens (including phenoxy) is 1. The highest BCUT2D eigenvalue weighted by Crippen LogP contribution is 2.19. The third-order valence-electron chi connectivity index (χ3n) is 4.27. The lowest BCUT2D eigenvalue weighted by Gasteiger charge is -2.32. The van der Waals surface area contributed by atoms with Crippen LogP contribution < -0.4 is 5.32 Å². The number of non-ortho nitro benzene ring substituents is 1. The molecule has 8 heteroatoms. The van der Waals surface area contributed by atoms with E-state index in [9.17, 15) is 19.7 Å². The lowest BCUT2D eigenvalue weighted by molar-refractivity contribution is -0.384. The Morgan fingerprint density at radius 3 is 2.48 bits per heavy atom. The van der Waals surface area contributed by atoms with E-state index in [1.165, 1.54) is 19.2 Å². The summed E-state index contributed by atoms with van der Waals surface area (Å²) in [5.74, 6) is -1.13. The highest BCUT2D eigenvalue weighted by atomic mass is 16.6. The van der Waals surface area contributed by atoms with Gasteiger partial charge in [-0.3, -0.25) is 14.9 Å². The summed E-state index contributed by atoms with van der Waals surface area (Å²) in [6.07, 6.45) is 2.77. The number of benzene rings is 1. The number of nitro groups is 1. The number of nitrogens with zero attached hydrogens (tertiary/aromatic N) is 2. The van der Waals surface area contributed by atoms with E-state index in [0.717, 1.165) is 45.0 Å². The molecule has 1 saturated heterocycles. The Morgan fingerprint density at radius 1 is 1.28 bits per heavy atom. The Hall–Kier alpha value is -2.48. The van der Waals surface area contributed by atoms with Gasteiger partial charge in [-0.05, 0) is 31.9 Å². The lowest BCUT2D eigenvalue weighted by Crippen LogP contribution is -2.44. The number of carbonyl (C=O) groups is 2. The molecular formula is C17H23N3O5. The lowest BCUT2D eigenvalue weighted by atomic mass is 10.0. The molecule has 1 aromatic carbocycles. The first-order valence-corrected chi connectivity index (χ1v) is 8.35.